The van der Waals surface area contributed by atoms with Crippen molar-refractivity contribution in [2.75, 3.05) is 19.6 Å². The van der Waals surface area contributed by atoms with Crippen molar-refractivity contribution in [1.29, 1.82) is 0 Å². The van der Waals surface area contributed by atoms with Crippen LogP contribution in [0.4, 0.5) is 17.6 Å². The molecule has 0 aliphatic carbocycles. The van der Waals surface area contributed by atoms with E-state index in [1.165, 1.54) is 11.0 Å². The molecule has 0 saturated carbocycles. The number of hydrogen-bond acceptors (Lipinski definition) is 4. The Morgan fingerprint density at radius 3 is 2.65 bits per heavy atom. The summed E-state index contributed by atoms with van der Waals surface area (Å²) in [4.78, 5) is 20.4. The first-order chi connectivity index (χ1) is 12.2. The number of H-pyrrole nitrogens is 1. The Bertz CT molecular complexity index is 850. The molecule has 1 saturated heterocycles. The van der Waals surface area contributed by atoms with E-state index >= 15 is 0 Å². The van der Waals surface area contributed by atoms with Gasteiger partial charge in [0, 0.05) is 9.72 Å². The molecule has 10 heteroatoms. The summed E-state index contributed by atoms with van der Waals surface area (Å²) < 4.78 is 51.6. The molecule has 0 unspecified atom stereocenters. The molecule has 4 nitrogen and oxygen atoms in total. The molecule has 1 aliphatic heterocycles. The fourth-order valence-corrected chi connectivity index (χ4v) is 4.48. The zero-order valence-corrected chi connectivity index (χ0v) is 16.0. The van der Waals surface area contributed by atoms with Gasteiger partial charge in [-0.3, -0.25) is 9.69 Å². The number of hydrogen-bond donors (Lipinski definition) is 1. The minimum absolute atomic E-state index is 0.0811. The maximum atomic E-state index is 13.9. The fourth-order valence-electron chi connectivity index (χ4n) is 2.99. The Labute approximate surface area is 159 Å². The summed E-state index contributed by atoms with van der Waals surface area (Å²) in [6.45, 7) is -0.0710. The number of thioether (sulfide) groups is 1. The van der Waals surface area contributed by atoms with Gasteiger partial charge in [-0.2, -0.15) is 24.9 Å². The van der Waals surface area contributed by atoms with Gasteiger partial charge >= 0.3 is 6.18 Å². The first-order valence-electron chi connectivity index (χ1n) is 8.00. The standard InChI is InChI=1S/C16H16BrF4N3OS/c17-9-5-11(18)14-12(6-9)22-13(23-15(14)25)7-26-10-1-3-24(4-2-10)8-16(19,20)21/h5-6,10H,1-4,7-8H2,(H,22,23,25). The lowest BCUT2D eigenvalue weighted by Crippen LogP contribution is -2.40. The van der Waals surface area contributed by atoms with Crippen LogP contribution in [0.15, 0.2) is 21.4 Å². The molecule has 0 spiro atoms. The number of aromatic amines is 1. The van der Waals surface area contributed by atoms with Gasteiger partial charge < -0.3 is 4.98 Å². The van der Waals surface area contributed by atoms with E-state index in [-0.39, 0.29) is 16.2 Å². The zero-order valence-electron chi connectivity index (χ0n) is 13.6. The van der Waals surface area contributed by atoms with Crippen molar-refractivity contribution in [3.05, 3.63) is 38.6 Å². The number of likely N-dealkylation sites (tertiary alicyclic amines) is 1. The van der Waals surface area contributed by atoms with Gasteiger partial charge in [-0.05, 0) is 38.1 Å². The van der Waals surface area contributed by atoms with Gasteiger partial charge in [0.2, 0.25) is 0 Å². The van der Waals surface area contributed by atoms with Crippen molar-refractivity contribution >= 4 is 38.6 Å². The van der Waals surface area contributed by atoms with Crippen LogP contribution in [0, 0.1) is 5.82 Å². The molecule has 3 rings (SSSR count). The quantitative estimate of drug-likeness (QED) is 0.708. The second-order valence-electron chi connectivity index (χ2n) is 6.20. The summed E-state index contributed by atoms with van der Waals surface area (Å²) in [6.07, 6.45) is -2.87. The third kappa shape index (κ3) is 4.98. The third-order valence-corrected chi connectivity index (χ3v) is 6.01. The maximum Gasteiger partial charge on any atom is 0.401 e. The Kier molecular flexibility index (Phi) is 5.93. The van der Waals surface area contributed by atoms with E-state index in [2.05, 4.69) is 25.9 Å². The topological polar surface area (TPSA) is 49.0 Å². The smallest absolute Gasteiger partial charge is 0.309 e. The molecule has 0 atom stereocenters. The average molecular weight is 454 g/mol. The predicted molar refractivity (Wildman–Crippen MR) is 96.8 cm³/mol. The van der Waals surface area contributed by atoms with Crippen LogP contribution in [-0.4, -0.2) is 45.9 Å². The fraction of sp³-hybridized carbons (Fsp3) is 0.500. The largest absolute Gasteiger partial charge is 0.401 e. The van der Waals surface area contributed by atoms with Crippen molar-refractivity contribution in [2.24, 2.45) is 0 Å². The molecule has 1 aromatic carbocycles. The molecule has 142 valence electrons. The SMILES string of the molecule is O=c1[nH]c(CSC2CCN(CC(F)(F)F)CC2)nc2cc(Br)cc(F)c12. The molecular weight excluding hydrogens is 438 g/mol. The van der Waals surface area contributed by atoms with Crippen molar-refractivity contribution in [3.63, 3.8) is 0 Å². The van der Waals surface area contributed by atoms with E-state index in [1.807, 2.05) is 0 Å². The summed E-state index contributed by atoms with van der Waals surface area (Å²) in [6, 6.07) is 2.79. The summed E-state index contributed by atoms with van der Waals surface area (Å²) in [5.41, 5.74) is -0.258. The molecule has 0 amide bonds. The van der Waals surface area contributed by atoms with Crippen LogP contribution >= 0.6 is 27.7 Å². The Morgan fingerprint density at radius 2 is 2.00 bits per heavy atom. The molecule has 0 bridgehead atoms. The van der Waals surface area contributed by atoms with Gasteiger partial charge in [0.1, 0.15) is 17.0 Å². The number of halogens is 5. The monoisotopic (exact) mass is 453 g/mol. The minimum atomic E-state index is -4.17. The number of aromatic nitrogens is 2. The first-order valence-corrected chi connectivity index (χ1v) is 9.84. The second kappa shape index (κ2) is 7.85. The Hall–Kier alpha value is -1.13. The van der Waals surface area contributed by atoms with Crippen molar-refractivity contribution in [1.82, 2.24) is 14.9 Å². The third-order valence-electron chi connectivity index (χ3n) is 4.17. The highest BCUT2D eigenvalue weighted by Crippen LogP contribution is 2.28. The number of fused-ring (bicyclic) bond motifs is 1. The van der Waals surface area contributed by atoms with E-state index in [9.17, 15) is 22.4 Å². The summed E-state index contributed by atoms with van der Waals surface area (Å²) in [5.74, 6) is 0.213. The molecule has 2 aromatic rings. The van der Waals surface area contributed by atoms with Gasteiger partial charge in [-0.25, -0.2) is 9.37 Å². The lowest BCUT2D eigenvalue weighted by atomic mass is 10.1. The van der Waals surface area contributed by atoms with Gasteiger partial charge in [0.05, 0.1) is 17.8 Å². The summed E-state index contributed by atoms with van der Waals surface area (Å²) in [7, 11) is 0. The molecule has 0 radical (unpaired) electrons. The minimum Gasteiger partial charge on any atom is -0.309 e. The number of nitrogens with one attached hydrogen (secondary N) is 1. The van der Waals surface area contributed by atoms with Crippen LogP contribution in [0.2, 0.25) is 0 Å². The van der Waals surface area contributed by atoms with Crippen molar-refractivity contribution in [2.45, 2.75) is 30.0 Å². The molecule has 1 fully saturated rings. The van der Waals surface area contributed by atoms with E-state index in [0.29, 0.717) is 42.0 Å². The molecular formula is C16H16BrF4N3OS. The zero-order chi connectivity index (χ0) is 18.9. The van der Waals surface area contributed by atoms with Crippen molar-refractivity contribution < 1.29 is 17.6 Å². The van der Waals surface area contributed by atoms with Crippen LogP contribution in [0.3, 0.4) is 0 Å². The van der Waals surface area contributed by atoms with Crippen molar-refractivity contribution in [3.8, 4) is 0 Å². The molecule has 2 heterocycles. The molecule has 1 N–H and O–H groups in total. The first kappa shape index (κ1) is 19.6. The van der Waals surface area contributed by atoms with Crippen LogP contribution in [-0.2, 0) is 5.75 Å². The second-order valence-corrected chi connectivity index (χ2v) is 8.40. The molecule has 1 aromatic heterocycles. The lowest BCUT2D eigenvalue weighted by Gasteiger charge is -2.31. The van der Waals surface area contributed by atoms with Crippen LogP contribution in [0.25, 0.3) is 10.9 Å². The lowest BCUT2D eigenvalue weighted by molar-refractivity contribution is -0.147. The van der Waals surface area contributed by atoms with E-state index in [1.54, 1.807) is 17.8 Å². The van der Waals surface area contributed by atoms with E-state index in [4.69, 9.17) is 0 Å². The highest BCUT2D eigenvalue weighted by Gasteiger charge is 2.32. The van der Waals surface area contributed by atoms with Gasteiger partial charge in [-0.1, -0.05) is 15.9 Å². The number of nitrogens with zero attached hydrogens (tertiary/aromatic N) is 2. The van der Waals surface area contributed by atoms with E-state index < -0.39 is 24.1 Å². The average Bonchev–Trinajstić information content (AvgIpc) is 2.51. The van der Waals surface area contributed by atoms with Crippen LogP contribution in [0.1, 0.15) is 18.7 Å². The van der Waals surface area contributed by atoms with Crippen LogP contribution < -0.4 is 5.56 Å². The maximum absolute atomic E-state index is 13.9. The normalized spacial score (nSPS) is 17.1. The number of rotatable bonds is 4. The predicted octanol–water partition coefficient (Wildman–Crippen LogP) is 4.08. The Morgan fingerprint density at radius 1 is 1.31 bits per heavy atom. The molecule has 26 heavy (non-hydrogen) atoms. The summed E-state index contributed by atoms with van der Waals surface area (Å²) in [5, 5.41) is 0.127. The number of piperidine rings is 1. The molecule has 1 aliphatic rings. The number of benzene rings is 1. The van der Waals surface area contributed by atoms with Crippen LogP contribution in [0.5, 0.6) is 0 Å². The van der Waals surface area contributed by atoms with Gasteiger partial charge in [0.25, 0.3) is 5.56 Å². The van der Waals surface area contributed by atoms with E-state index in [0.717, 1.165) is 0 Å². The summed E-state index contributed by atoms with van der Waals surface area (Å²) >= 11 is 4.73. The Balaban J connectivity index is 1.62. The van der Waals surface area contributed by atoms with Gasteiger partial charge in [-0.15, -0.1) is 0 Å². The highest BCUT2D eigenvalue weighted by atomic mass is 79.9. The van der Waals surface area contributed by atoms with Gasteiger partial charge in [0.15, 0.2) is 0 Å². The number of alkyl halides is 3. The highest BCUT2D eigenvalue weighted by molar-refractivity contribution is 9.10.